The van der Waals surface area contributed by atoms with E-state index in [1.54, 1.807) is 22.6 Å². The van der Waals surface area contributed by atoms with Crippen molar-refractivity contribution in [2.24, 2.45) is 0 Å². The summed E-state index contributed by atoms with van der Waals surface area (Å²) in [6.07, 6.45) is 8.44. The number of pyridine rings is 1. The minimum atomic E-state index is -3.46. The number of fused-ring (bicyclic) bond motifs is 1. The van der Waals surface area contributed by atoms with Crippen molar-refractivity contribution >= 4 is 26.6 Å². The van der Waals surface area contributed by atoms with Crippen LogP contribution in [-0.2, 0) is 16.4 Å². The molecule has 0 unspecified atom stereocenters. The van der Waals surface area contributed by atoms with Gasteiger partial charge in [0.1, 0.15) is 5.65 Å². The van der Waals surface area contributed by atoms with Gasteiger partial charge in [-0.3, -0.25) is 0 Å². The SMILES string of the molecule is CCCc1ccc(S(=O)(=O)N2CC=C(c3c[nH]c4ncccc34)CC2)cc1. The van der Waals surface area contributed by atoms with E-state index in [1.165, 1.54) is 11.1 Å². The minimum Gasteiger partial charge on any atom is -0.346 e. The van der Waals surface area contributed by atoms with Gasteiger partial charge in [0.05, 0.1) is 4.90 Å². The van der Waals surface area contributed by atoms with Gasteiger partial charge in [0, 0.05) is 36.4 Å². The first kappa shape index (κ1) is 17.9. The van der Waals surface area contributed by atoms with Crippen molar-refractivity contribution in [3.63, 3.8) is 0 Å². The van der Waals surface area contributed by atoms with Crippen molar-refractivity contribution in [1.29, 1.82) is 0 Å². The maximum Gasteiger partial charge on any atom is 0.243 e. The molecule has 0 amide bonds. The fourth-order valence-electron chi connectivity index (χ4n) is 3.60. The molecule has 0 saturated heterocycles. The topological polar surface area (TPSA) is 66.1 Å². The third-order valence-corrected chi connectivity index (χ3v) is 6.95. The minimum absolute atomic E-state index is 0.371. The molecule has 0 radical (unpaired) electrons. The number of rotatable bonds is 5. The molecule has 1 aliphatic heterocycles. The highest BCUT2D eigenvalue weighted by Crippen LogP contribution is 2.30. The number of sulfonamides is 1. The third kappa shape index (κ3) is 3.42. The van der Waals surface area contributed by atoms with Crippen LogP contribution in [0.4, 0.5) is 0 Å². The van der Waals surface area contributed by atoms with Crippen LogP contribution in [0.3, 0.4) is 0 Å². The van der Waals surface area contributed by atoms with Crippen LogP contribution in [0.1, 0.15) is 30.9 Å². The van der Waals surface area contributed by atoms with Crippen molar-refractivity contribution in [1.82, 2.24) is 14.3 Å². The predicted octanol–water partition coefficient (Wildman–Crippen LogP) is 3.99. The number of hydrogen-bond acceptors (Lipinski definition) is 3. The van der Waals surface area contributed by atoms with Gasteiger partial charge in [-0.1, -0.05) is 31.6 Å². The van der Waals surface area contributed by atoms with E-state index in [9.17, 15) is 8.42 Å². The molecule has 0 fully saturated rings. The summed E-state index contributed by atoms with van der Waals surface area (Å²) in [4.78, 5) is 7.88. The quantitative estimate of drug-likeness (QED) is 0.727. The highest BCUT2D eigenvalue weighted by molar-refractivity contribution is 7.89. The molecule has 1 N–H and O–H groups in total. The Morgan fingerprint density at radius 2 is 2.00 bits per heavy atom. The van der Waals surface area contributed by atoms with E-state index >= 15 is 0 Å². The van der Waals surface area contributed by atoms with Crippen molar-refractivity contribution in [2.75, 3.05) is 13.1 Å². The van der Waals surface area contributed by atoms with E-state index in [0.29, 0.717) is 24.4 Å². The molecule has 3 heterocycles. The molecule has 0 saturated carbocycles. The number of benzene rings is 1. The number of H-pyrrole nitrogens is 1. The lowest BCUT2D eigenvalue weighted by atomic mass is 10.0. The van der Waals surface area contributed by atoms with Crippen LogP contribution in [0.25, 0.3) is 16.6 Å². The molecule has 2 aromatic heterocycles. The second kappa shape index (κ2) is 7.29. The largest absolute Gasteiger partial charge is 0.346 e. The summed E-state index contributed by atoms with van der Waals surface area (Å²) in [6.45, 7) is 2.99. The van der Waals surface area contributed by atoms with E-state index in [1.807, 2.05) is 36.5 Å². The molecule has 27 heavy (non-hydrogen) atoms. The molecule has 0 aliphatic carbocycles. The first-order chi connectivity index (χ1) is 13.1. The highest BCUT2D eigenvalue weighted by Gasteiger charge is 2.26. The number of hydrogen-bond donors (Lipinski definition) is 1. The smallest absolute Gasteiger partial charge is 0.243 e. The lowest BCUT2D eigenvalue weighted by Gasteiger charge is -2.26. The summed E-state index contributed by atoms with van der Waals surface area (Å²) in [5, 5.41) is 1.08. The molecular weight excluding hydrogens is 358 g/mol. The second-order valence-electron chi connectivity index (χ2n) is 6.84. The van der Waals surface area contributed by atoms with Crippen molar-refractivity contribution in [2.45, 2.75) is 31.1 Å². The first-order valence-electron chi connectivity index (χ1n) is 9.30. The Morgan fingerprint density at radius 3 is 2.70 bits per heavy atom. The van der Waals surface area contributed by atoms with Gasteiger partial charge in [-0.05, 0) is 48.2 Å². The third-order valence-electron chi connectivity index (χ3n) is 5.07. The number of aromatic amines is 1. The van der Waals surface area contributed by atoms with E-state index in [-0.39, 0.29) is 0 Å². The van der Waals surface area contributed by atoms with Gasteiger partial charge >= 0.3 is 0 Å². The van der Waals surface area contributed by atoms with Crippen LogP contribution in [-0.4, -0.2) is 35.8 Å². The molecule has 0 spiro atoms. The first-order valence-corrected chi connectivity index (χ1v) is 10.7. The molecule has 4 rings (SSSR count). The molecule has 6 heteroatoms. The monoisotopic (exact) mass is 381 g/mol. The van der Waals surface area contributed by atoms with Crippen LogP contribution >= 0.6 is 0 Å². The summed E-state index contributed by atoms with van der Waals surface area (Å²) in [5.41, 5.74) is 4.30. The van der Waals surface area contributed by atoms with Crippen LogP contribution in [0.5, 0.6) is 0 Å². The zero-order chi connectivity index (χ0) is 18.9. The zero-order valence-corrected chi connectivity index (χ0v) is 16.2. The molecule has 1 aromatic carbocycles. The van der Waals surface area contributed by atoms with Crippen LogP contribution in [0.2, 0.25) is 0 Å². The van der Waals surface area contributed by atoms with Crippen LogP contribution in [0, 0.1) is 0 Å². The number of nitrogens with one attached hydrogen (secondary N) is 1. The van der Waals surface area contributed by atoms with E-state index in [4.69, 9.17) is 0 Å². The lowest BCUT2D eigenvalue weighted by molar-refractivity contribution is 0.441. The van der Waals surface area contributed by atoms with E-state index in [2.05, 4.69) is 16.9 Å². The molecule has 5 nitrogen and oxygen atoms in total. The van der Waals surface area contributed by atoms with Gasteiger partial charge in [-0.2, -0.15) is 4.31 Å². The van der Waals surface area contributed by atoms with Gasteiger partial charge in [0.25, 0.3) is 0 Å². The van der Waals surface area contributed by atoms with Gasteiger partial charge < -0.3 is 4.98 Å². The highest BCUT2D eigenvalue weighted by atomic mass is 32.2. The normalized spacial score (nSPS) is 15.8. The fraction of sp³-hybridized carbons (Fsp3) is 0.286. The van der Waals surface area contributed by atoms with Crippen molar-refractivity contribution in [3.8, 4) is 0 Å². The fourth-order valence-corrected chi connectivity index (χ4v) is 4.98. The Morgan fingerprint density at radius 1 is 1.19 bits per heavy atom. The Hall–Kier alpha value is -2.44. The molecule has 0 bridgehead atoms. The zero-order valence-electron chi connectivity index (χ0n) is 15.4. The van der Waals surface area contributed by atoms with Crippen LogP contribution < -0.4 is 0 Å². The Balaban J connectivity index is 1.55. The summed E-state index contributed by atoms with van der Waals surface area (Å²) < 4.78 is 27.4. The molecular formula is C21H23N3O2S. The van der Waals surface area contributed by atoms with Crippen molar-refractivity contribution < 1.29 is 8.42 Å². The van der Waals surface area contributed by atoms with Gasteiger partial charge in [-0.25, -0.2) is 13.4 Å². The molecule has 1 aliphatic rings. The van der Waals surface area contributed by atoms with Gasteiger partial charge in [-0.15, -0.1) is 0 Å². The molecule has 140 valence electrons. The van der Waals surface area contributed by atoms with Gasteiger partial charge in [0.2, 0.25) is 10.0 Å². The Labute approximate surface area is 159 Å². The number of aryl methyl sites for hydroxylation is 1. The Kier molecular flexibility index (Phi) is 4.85. The van der Waals surface area contributed by atoms with Crippen molar-refractivity contribution in [3.05, 3.63) is 66.0 Å². The average molecular weight is 382 g/mol. The van der Waals surface area contributed by atoms with Gasteiger partial charge in [0.15, 0.2) is 0 Å². The maximum atomic E-state index is 12.9. The summed E-state index contributed by atoms with van der Waals surface area (Å²) in [7, 11) is -3.46. The molecule has 3 aromatic rings. The average Bonchev–Trinajstić information content (AvgIpc) is 3.13. The predicted molar refractivity (Wildman–Crippen MR) is 108 cm³/mol. The van der Waals surface area contributed by atoms with Crippen LogP contribution in [0.15, 0.2) is 59.8 Å². The van der Waals surface area contributed by atoms with E-state index < -0.39 is 10.0 Å². The second-order valence-corrected chi connectivity index (χ2v) is 8.78. The lowest BCUT2D eigenvalue weighted by Crippen LogP contribution is -2.34. The number of nitrogens with zero attached hydrogens (tertiary/aromatic N) is 2. The summed E-state index contributed by atoms with van der Waals surface area (Å²) in [6, 6.07) is 11.2. The standard InChI is InChI=1S/C21H23N3O2S/c1-2-4-16-6-8-18(9-7-16)27(25,26)24-13-10-17(11-14-24)20-15-23-21-19(20)5-3-12-22-21/h3,5-10,12,15H,2,4,11,13-14H2,1H3,(H,22,23). The maximum absolute atomic E-state index is 12.9. The molecule has 0 atom stereocenters. The van der Waals surface area contributed by atoms with E-state index in [0.717, 1.165) is 29.4 Å². The summed E-state index contributed by atoms with van der Waals surface area (Å²) >= 11 is 0. The summed E-state index contributed by atoms with van der Waals surface area (Å²) in [5.74, 6) is 0. The Bertz CT molecular complexity index is 1080. The number of aromatic nitrogens is 2.